The number of carbonyl (C=O) groups is 1. The molecule has 0 aliphatic heterocycles. The van der Waals surface area contributed by atoms with Crippen molar-refractivity contribution in [2.45, 2.75) is 31.6 Å². The summed E-state index contributed by atoms with van der Waals surface area (Å²) < 4.78 is 29.8. The second-order valence-electron chi connectivity index (χ2n) is 7.69. The second kappa shape index (κ2) is 11.4. The molecule has 33 heavy (non-hydrogen) atoms. The molecular formula is C25H26Br2N2O3S. The molecule has 0 heterocycles. The third kappa shape index (κ3) is 6.76. The summed E-state index contributed by atoms with van der Waals surface area (Å²) in [7, 11) is -3.86. The van der Waals surface area contributed by atoms with Crippen molar-refractivity contribution in [2.75, 3.05) is 18.4 Å². The molecule has 1 amide bonds. The maximum atomic E-state index is 13.4. The van der Waals surface area contributed by atoms with Gasteiger partial charge in [0.25, 0.3) is 0 Å². The van der Waals surface area contributed by atoms with Gasteiger partial charge in [0.15, 0.2) is 0 Å². The van der Waals surface area contributed by atoms with Crippen LogP contribution in [-0.4, -0.2) is 31.7 Å². The van der Waals surface area contributed by atoms with E-state index in [4.69, 9.17) is 0 Å². The van der Waals surface area contributed by atoms with Crippen LogP contribution >= 0.6 is 31.9 Å². The average molecular weight is 594 g/mol. The predicted octanol–water partition coefficient (Wildman–Crippen LogP) is 5.95. The smallest absolute Gasteiger partial charge is 0.243 e. The Kier molecular flexibility index (Phi) is 8.87. The van der Waals surface area contributed by atoms with Gasteiger partial charge < -0.3 is 5.32 Å². The van der Waals surface area contributed by atoms with Gasteiger partial charge in [-0.05, 0) is 72.9 Å². The number of benzene rings is 3. The van der Waals surface area contributed by atoms with E-state index in [-0.39, 0.29) is 23.9 Å². The maximum absolute atomic E-state index is 13.4. The topological polar surface area (TPSA) is 66.5 Å². The molecule has 3 aromatic carbocycles. The fourth-order valence-electron chi connectivity index (χ4n) is 3.55. The number of halogens is 2. The van der Waals surface area contributed by atoms with E-state index >= 15 is 0 Å². The van der Waals surface area contributed by atoms with E-state index in [0.717, 1.165) is 37.7 Å². The predicted molar refractivity (Wildman–Crippen MR) is 140 cm³/mol. The van der Waals surface area contributed by atoms with Crippen LogP contribution in [0.2, 0.25) is 0 Å². The highest BCUT2D eigenvalue weighted by atomic mass is 79.9. The average Bonchev–Trinajstić information content (AvgIpc) is 2.79. The Morgan fingerprint density at radius 3 is 2.27 bits per heavy atom. The van der Waals surface area contributed by atoms with Gasteiger partial charge in [-0.3, -0.25) is 4.79 Å². The van der Waals surface area contributed by atoms with Gasteiger partial charge in [-0.2, -0.15) is 4.31 Å². The number of rotatable bonds is 9. The minimum Gasteiger partial charge on any atom is -0.324 e. The van der Waals surface area contributed by atoms with Crippen molar-refractivity contribution in [3.05, 3.63) is 92.4 Å². The Morgan fingerprint density at radius 1 is 0.970 bits per heavy atom. The first kappa shape index (κ1) is 25.6. The molecule has 3 rings (SSSR count). The minimum atomic E-state index is -3.86. The Bertz CT molecular complexity index is 1210. The Hall–Kier alpha value is -2.00. The number of aryl methyl sites for hydroxylation is 2. The lowest BCUT2D eigenvalue weighted by Gasteiger charge is -2.23. The van der Waals surface area contributed by atoms with E-state index in [1.54, 1.807) is 24.3 Å². The lowest BCUT2D eigenvalue weighted by Crippen LogP contribution is -2.39. The van der Waals surface area contributed by atoms with Gasteiger partial charge in [-0.15, -0.1) is 0 Å². The highest BCUT2D eigenvalue weighted by Gasteiger charge is 2.27. The summed E-state index contributed by atoms with van der Waals surface area (Å²) in [6, 6.07) is 20.0. The molecular weight excluding hydrogens is 568 g/mol. The summed E-state index contributed by atoms with van der Waals surface area (Å²) >= 11 is 6.83. The van der Waals surface area contributed by atoms with Gasteiger partial charge in [0.2, 0.25) is 15.9 Å². The third-order valence-corrected chi connectivity index (χ3v) is 8.14. The zero-order valence-corrected chi connectivity index (χ0v) is 22.5. The first-order valence-corrected chi connectivity index (χ1v) is 13.6. The summed E-state index contributed by atoms with van der Waals surface area (Å²) in [4.78, 5) is 13.2. The van der Waals surface area contributed by atoms with Gasteiger partial charge in [-0.1, -0.05) is 69.1 Å². The highest BCUT2D eigenvalue weighted by Crippen LogP contribution is 2.27. The number of nitrogens with zero attached hydrogens (tertiary/aromatic N) is 1. The van der Waals surface area contributed by atoms with Crippen molar-refractivity contribution in [3.63, 3.8) is 0 Å². The SMILES string of the molecule is CCc1cc(Br)cc(C)c1NC(=O)CN(CCc1ccccc1)S(=O)(=O)c1ccc(Br)cc1. The molecule has 0 aliphatic rings. The van der Waals surface area contributed by atoms with E-state index in [9.17, 15) is 13.2 Å². The van der Waals surface area contributed by atoms with Gasteiger partial charge in [0, 0.05) is 21.2 Å². The second-order valence-corrected chi connectivity index (χ2v) is 11.5. The minimum absolute atomic E-state index is 0.153. The molecule has 0 spiro atoms. The summed E-state index contributed by atoms with van der Waals surface area (Å²) in [5, 5.41) is 2.94. The number of hydrogen-bond acceptors (Lipinski definition) is 3. The molecule has 0 fully saturated rings. The Balaban J connectivity index is 1.86. The van der Waals surface area contributed by atoms with E-state index in [1.807, 2.05) is 56.3 Å². The molecule has 8 heteroatoms. The summed E-state index contributed by atoms with van der Waals surface area (Å²) in [6.45, 7) is 3.85. The normalized spacial score (nSPS) is 11.5. The molecule has 0 aliphatic carbocycles. The largest absolute Gasteiger partial charge is 0.324 e. The maximum Gasteiger partial charge on any atom is 0.243 e. The Morgan fingerprint density at radius 2 is 1.64 bits per heavy atom. The molecule has 0 radical (unpaired) electrons. The van der Waals surface area contributed by atoms with Crippen LogP contribution in [0.15, 0.2) is 80.6 Å². The lowest BCUT2D eigenvalue weighted by atomic mass is 10.1. The quantitative estimate of drug-likeness (QED) is 0.333. The van der Waals surface area contributed by atoms with Crippen LogP contribution < -0.4 is 5.32 Å². The first-order valence-electron chi connectivity index (χ1n) is 10.6. The summed E-state index contributed by atoms with van der Waals surface area (Å²) in [5.41, 5.74) is 3.64. The van der Waals surface area contributed by atoms with Gasteiger partial charge in [0.05, 0.1) is 11.4 Å². The molecule has 0 atom stereocenters. The molecule has 5 nitrogen and oxygen atoms in total. The summed E-state index contributed by atoms with van der Waals surface area (Å²) in [5.74, 6) is -0.371. The molecule has 0 saturated carbocycles. The molecule has 0 bridgehead atoms. The van der Waals surface area contributed by atoms with Crippen LogP contribution in [0.25, 0.3) is 0 Å². The number of hydrogen-bond donors (Lipinski definition) is 1. The van der Waals surface area contributed by atoms with E-state index in [2.05, 4.69) is 37.2 Å². The van der Waals surface area contributed by atoms with Crippen molar-refractivity contribution >= 4 is 53.5 Å². The van der Waals surface area contributed by atoms with Crippen molar-refractivity contribution in [2.24, 2.45) is 0 Å². The van der Waals surface area contributed by atoms with E-state index in [0.29, 0.717) is 6.42 Å². The molecule has 3 aromatic rings. The zero-order valence-electron chi connectivity index (χ0n) is 18.5. The number of anilines is 1. The van der Waals surface area contributed by atoms with Crippen LogP contribution in [0.4, 0.5) is 5.69 Å². The number of nitrogens with one attached hydrogen (secondary N) is 1. The van der Waals surface area contributed by atoms with Crippen LogP contribution in [0.1, 0.15) is 23.6 Å². The van der Waals surface area contributed by atoms with E-state index < -0.39 is 10.0 Å². The van der Waals surface area contributed by atoms with Crippen LogP contribution in [0.3, 0.4) is 0 Å². The molecule has 1 N–H and O–H groups in total. The molecule has 0 saturated heterocycles. The summed E-state index contributed by atoms with van der Waals surface area (Å²) in [6.07, 6.45) is 1.24. The molecule has 0 unspecified atom stereocenters. The van der Waals surface area contributed by atoms with Crippen molar-refractivity contribution < 1.29 is 13.2 Å². The van der Waals surface area contributed by atoms with Gasteiger partial charge in [0.1, 0.15) is 0 Å². The van der Waals surface area contributed by atoms with Crippen molar-refractivity contribution in [1.82, 2.24) is 4.31 Å². The van der Waals surface area contributed by atoms with E-state index in [1.165, 1.54) is 4.31 Å². The van der Waals surface area contributed by atoms with Crippen molar-refractivity contribution in [3.8, 4) is 0 Å². The molecule has 0 aromatic heterocycles. The first-order chi connectivity index (χ1) is 15.7. The standard InChI is InChI=1S/C25H26Br2N2O3S/c1-3-20-16-22(27)15-18(2)25(20)28-24(30)17-29(14-13-19-7-5-4-6-8-19)33(31,32)23-11-9-21(26)10-12-23/h4-12,15-16H,3,13-14,17H2,1-2H3,(H,28,30). The Labute approximate surface area is 212 Å². The fraction of sp³-hybridized carbons (Fsp3) is 0.240. The van der Waals surface area contributed by atoms with Crippen molar-refractivity contribution in [1.29, 1.82) is 0 Å². The van der Waals surface area contributed by atoms with Gasteiger partial charge in [-0.25, -0.2) is 8.42 Å². The molecule has 174 valence electrons. The van der Waals surface area contributed by atoms with Crippen LogP contribution in [0.5, 0.6) is 0 Å². The monoisotopic (exact) mass is 592 g/mol. The highest BCUT2D eigenvalue weighted by molar-refractivity contribution is 9.10. The fourth-order valence-corrected chi connectivity index (χ4v) is 5.83. The number of amides is 1. The number of sulfonamides is 1. The van der Waals surface area contributed by atoms with Gasteiger partial charge >= 0.3 is 0 Å². The lowest BCUT2D eigenvalue weighted by molar-refractivity contribution is -0.116. The third-order valence-electron chi connectivity index (χ3n) is 5.29. The zero-order chi connectivity index (χ0) is 24.0. The number of carbonyl (C=O) groups excluding carboxylic acids is 1. The van der Waals surface area contributed by atoms with Crippen LogP contribution in [0, 0.1) is 6.92 Å². The van der Waals surface area contributed by atoms with Crippen LogP contribution in [-0.2, 0) is 27.7 Å².